The van der Waals surface area contributed by atoms with E-state index in [4.69, 9.17) is 0 Å². The minimum atomic E-state index is 0.0949. The first kappa shape index (κ1) is 15.6. The molecule has 1 unspecified atom stereocenters. The quantitative estimate of drug-likeness (QED) is 0.779. The number of nitrogens with zero attached hydrogens (tertiary/aromatic N) is 4. The lowest BCUT2D eigenvalue weighted by Crippen LogP contribution is -2.29. The third kappa shape index (κ3) is 3.07. The SMILES string of the molecule is CCCN1CC(Nc2cc(-c3ccccc3)nc3ccnn23)CC1=O. The Balaban J connectivity index is 1.65. The lowest BCUT2D eigenvalue weighted by molar-refractivity contribution is -0.127. The van der Waals surface area contributed by atoms with Crippen LogP contribution in [-0.2, 0) is 4.79 Å². The molecule has 1 atom stereocenters. The predicted octanol–water partition coefficient (Wildman–Crippen LogP) is 2.82. The highest BCUT2D eigenvalue weighted by Crippen LogP contribution is 2.24. The molecular formula is C19H21N5O. The highest BCUT2D eigenvalue weighted by atomic mass is 16.2. The number of aromatic nitrogens is 3. The number of hydrogen-bond acceptors (Lipinski definition) is 4. The smallest absolute Gasteiger partial charge is 0.224 e. The number of benzene rings is 1. The molecule has 1 N–H and O–H groups in total. The van der Waals surface area contributed by atoms with Crippen molar-refractivity contribution in [3.05, 3.63) is 48.7 Å². The van der Waals surface area contributed by atoms with Crippen molar-refractivity contribution in [3.63, 3.8) is 0 Å². The van der Waals surface area contributed by atoms with Crippen molar-refractivity contribution >= 4 is 17.4 Å². The molecule has 25 heavy (non-hydrogen) atoms. The van der Waals surface area contributed by atoms with E-state index in [9.17, 15) is 4.79 Å². The summed E-state index contributed by atoms with van der Waals surface area (Å²) < 4.78 is 1.79. The van der Waals surface area contributed by atoms with Crippen LogP contribution in [0.4, 0.5) is 5.82 Å². The van der Waals surface area contributed by atoms with Gasteiger partial charge in [-0.05, 0) is 6.42 Å². The zero-order valence-corrected chi connectivity index (χ0v) is 14.2. The maximum absolute atomic E-state index is 12.1. The molecule has 1 aromatic carbocycles. The highest BCUT2D eigenvalue weighted by molar-refractivity contribution is 5.80. The van der Waals surface area contributed by atoms with E-state index in [0.717, 1.165) is 42.2 Å². The highest BCUT2D eigenvalue weighted by Gasteiger charge is 2.29. The molecule has 1 aliphatic rings. The van der Waals surface area contributed by atoms with Crippen LogP contribution in [0, 0.1) is 0 Å². The van der Waals surface area contributed by atoms with Crippen LogP contribution in [0.15, 0.2) is 48.7 Å². The van der Waals surface area contributed by atoms with Crippen molar-refractivity contribution < 1.29 is 4.79 Å². The molecule has 3 heterocycles. The summed E-state index contributed by atoms with van der Waals surface area (Å²) in [6.07, 6.45) is 3.24. The van der Waals surface area contributed by atoms with Crippen molar-refractivity contribution in [1.82, 2.24) is 19.5 Å². The van der Waals surface area contributed by atoms with Crippen LogP contribution in [-0.4, -0.2) is 44.5 Å². The number of likely N-dealkylation sites (tertiary alicyclic amines) is 1. The maximum Gasteiger partial charge on any atom is 0.224 e. The second-order valence-electron chi connectivity index (χ2n) is 6.38. The van der Waals surface area contributed by atoms with Gasteiger partial charge in [-0.25, -0.2) is 4.98 Å². The topological polar surface area (TPSA) is 62.5 Å². The predicted molar refractivity (Wildman–Crippen MR) is 97.3 cm³/mol. The van der Waals surface area contributed by atoms with E-state index in [2.05, 4.69) is 22.3 Å². The van der Waals surface area contributed by atoms with Crippen molar-refractivity contribution in [2.45, 2.75) is 25.8 Å². The summed E-state index contributed by atoms with van der Waals surface area (Å²) in [5.74, 6) is 1.08. The molecule has 0 spiro atoms. The fraction of sp³-hybridized carbons (Fsp3) is 0.316. The largest absolute Gasteiger partial charge is 0.365 e. The third-order valence-corrected chi connectivity index (χ3v) is 4.49. The number of rotatable bonds is 5. The van der Waals surface area contributed by atoms with E-state index in [-0.39, 0.29) is 11.9 Å². The lowest BCUT2D eigenvalue weighted by atomic mass is 10.1. The third-order valence-electron chi connectivity index (χ3n) is 4.49. The fourth-order valence-electron chi connectivity index (χ4n) is 3.34. The summed E-state index contributed by atoms with van der Waals surface area (Å²) in [5.41, 5.74) is 2.74. The normalized spacial score (nSPS) is 17.4. The van der Waals surface area contributed by atoms with Gasteiger partial charge in [0.25, 0.3) is 0 Å². The van der Waals surface area contributed by atoms with Gasteiger partial charge in [0.2, 0.25) is 5.91 Å². The fourth-order valence-corrected chi connectivity index (χ4v) is 3.34. The monoisotopic (exact) mass is 335 g/mol. The number of carbonyl (C=O) groups is 1. The zero-order chi connectivity index (χ0) is 17.2. The van der Waals surface area contributed by atoms with E-state index in [1.165, 1.54) is 0 Å². The Labute approximate surface area is 146 Å². The van der Waals surface area contributed by atoms with E-state index >= 15 is 0 Å². The molecule has 6 nitrogen and oxygen atoms in total. The van der Waals surface area contributed by atoms with Gasteiger partial charge >= 0.3 is 0 Å². The maximum atomic E-state index is 12.1. The Kier molecular flexibility index (Phi) is 4.09. The lowest BCUT2D eigenvalue weighted by Gasteiger charge is -2.17. The van der Waals surface area contributed by atoms with Gasteiger partial charge in [0, 0.05) is 37.2 Å². The molecule has 1 amide bonds. The first-order valence-electron chi connectivity index (χ1n) is 8.69. The Hall–Kier alpha value is -2.89. The molecule has 2 aromatic heterocycles. The number of nitrogens with one attached hydrogen (secondary N) is 1. The van der Waals surface area contributed by atoms with Crippen molar-refractivity contribution in [2.24, 2.45) is 0 Å². The number of anilines is 1. The molecule has 0 aliphatic carbocycles. The molecule has 128 valence electrons. The van der Waals surface area contributed by atoms with Crippen molar-refractivity contribution in [3.8, 4) is 11.3 Å². The van der Waals surface area contributed by atoms with Crippen molar-refractivity contribution in [1.29, 1.82) is 0 Å². The van der Waals surface area contributed by atoms with Crippen LogP contribution in [0.2, 0.25) is 0 Å². The van der Waals surface area contributed by atoms with E-state index < -0.39 is 0 Å². The van der Waals surface area contributed by atoms with Gasteiger partial charge in [-0.3, -0.25) is 4.79 Å². The minimum Gasteiger partial charge on any atom is -0.365 e. The summed E-state index contributed by atoms with van der Waals surface area (Å²) in [6.45, 7) is 3.65. The average molecular weight is 335 g/mol. The Morgan fingerprint density at radius 3 is 2.88 bits per heavy atom. The molecule has 4 rings (SSSR count). The zero-order valence-electron chi connectivity index (χ0n) is 14.2. The van der Waals surface area contributed by atoms with E-state index in [1.807, 2.05) is 47.4 Å². The van der Waals surface area contributed by atoms with Crippen LogP contribution in [0.25, 0.3) is 16.9 Å². The molecule has 1 aliphatic heterocycles. The van der Waals surface area contributed by atoms with Crippen LogP contribution in [0.5, 0.6) is 0 Å². The van der Waals surface area contributed by atoms with Gasteiger partial charge < -0.3 is 10.2 Å². The second-order valence-corrected chi connectivity index (χ2v) is 6.38. The number of amides is 1. The van der Waals surface area contributed by atoms with Crippen molar-refractivity contribution in [2.75, 3.05) is 18.4 Å². The van der Waals surface area contributed by atoms with Gasteiger partial charge in [0.15, 0.2) is 5.65 Å². The van der Waals surface area contributed by atoms with Crippen LogP contribution >= 0.6 is 0 Å². The molecule has 1 fully saturated rings. The Bertz CT molecular complexity index is 889. The van der Waals surface area contributed by atoms with Gasteiger partial charge in [-0.2, -0.15) is 9.61 Å². The molecule has 1 saturated heterocycles. The molecule has 0 bridgehead atoms. The van der Waals surface area contributed by atoms with Crippen LogP contribution in [0.1, 0.15) is 19.8 Å². The summed E-state index contributed by atoms with van der Waals surface area (Å²) in [5, 5.41) is 7.86. The minimum absolute atomic E-state index is 0.0949. The first-order chi connectivity index (χ1) is 12.2. The van der Waals surface area contributed by atoms with Gasteiger partial charge in [-0.15, -0.1) is 0 Å². The Morgan fingerprint density at radius 2 is 2.08 bits per heavy atom. The van der Waals surface area contributed by atoms with Gasteiger partial charge in [0.05, 0.1) is 17.9 Å². The molecule has 3 aromatic rings. The summed E-state index contributed by atoms with van der Waals surface area (Å²) in [4.78, 5) is 18.7. The molecule has 0 saturated carbocycles. The average Bonchev–Trinajstić information content (AvgIpc) is 3.23. The summed E-state index contributed by atoms with van der Waals surface area (Å²) >= 11 is 0. The van der Waals surface area contributed by atoms with E-state index in [1.54, 1.807) is 10.7 Å². The number of fused-ring (bicyclic) bond motifs is 1. The number of hydrogen-bond donors (Lipinski definition) is 1. The van der Waals surface area contributed by atoms with Crippen LogP contribution in [0.3, 0.4) is 0 Å². The molecule has 0 radical (unpaired) electrons. The first-order valence-corrected chi connectivity index (χ1v) is 8.69. The molecule has 6 heteroatoms. The number of carbonyl (C=O) groups excluding carboxylic acids is 1. The van der Waals surface area contributed by atoms with Gasteiger partial charge in [0.1, 0.15) is 5.82 Å². The summed E-state index contributed by atoms with van der Waals surface area (Å²) in [7, 11) is 0. The second kappa shape index (κ2) is 6.55. The van der Waals surface area contributed by atoms with Gasteiger partial charge in [-0.1, -0.05) is 37.3 Å². The Morgan fingerprint density at radius 1 is 1.24 bits per heavy atom. The standard InChI is InChI=1S/C19H21N5O/c1-2-10-23-13-15(11-19(23)25)21-18-12-16(14-6-4-3-5-7-14)22-17-8-9-20-24(17)18/h3-9,12,15,21H,2,10-11,13H2,1H3. The van der Waals surface area contributed by atoms with Crippen LogP contribution < -0.4 is 5.32 Å². The van der Waals surface area contributed by atoms with E-state index in [0.29, 0.717) is 6.42 Å². The summed E-state index contributed by atoms with van der Waals surface area (Å²) in [6, 6.07) is 14.1. The molecular weight excluding hydrogens is 314 g/mol.